The summed E-state index contributed by atoms with van der Waals surface area (Å²) in [7, 11) is 0. The summed E-state index contributed by atoms with van der Waals surface area (Å²) in [5.74, 6) is 1.49. The summed E-state index contributed by atoms with van der Waals surface area (Å²) in [6, 6.07) is 1.88. The Balaban J connectivity index is 1.49. The van der Waals surface area contributed by atoms with Gasteiger partial charge in [0.15, 0.2) is 5.82 Å². The number of carbonyl (C=O) groups is 2. The van der Waals surface area contributed by atoms with Gasteiger partial charge in [0.1, 0.15) is 0 Å². The van der Waals surface area contributed by atoms with E-state index in [9.17, 15) is 9.59 Å². The van der Waals surface area contributed by atoms with Crippen LogP contribution in [0.1, 0.15) is 51.1 Å². The molecular formula is C16H24N4O2. The van der Waals surface area contributed by atoms with Crippen LogP contribution in [0.15, 0.2) is 6.07 Å². The Morgan fingerprint density at radius 3 is 2.45 bits per heavy atom. The van der Waals surface area contributed by atoms with E-state index in [0.29, 0.717) is 24.8 Å². The molecular weight excluding hydrogens is 280 g/mol. The Hall–Kier alpha value is -1.85. The third kappa shape index (κ3) is 3.31. The van der Waals surface area contributed by atoms with Gasteiger partial charge in [-0.2, -0.15) is 5.10 Å². The molecule has 2 heterocycles. The van der Waals surface area contributed by atoms with E-state index in [-0.39, 0.29) is 23.7 Å². The minimum absolute atomic E-state index is 0.0142. The van der Waals surface area contributed by atoms with Crippen molar-refractivity contribution in [3.63, 3.8) is 0 Å². The van der Waals surface area contributed by atoms with Gasteiger partial charge in [0.25, 0.3) is 0 Å². The van der Waals surface area contributed by atoms with Gasteiger partial charge in [0, 0.05) is 36.7 Å². The second-order valence-corrected chi connectivity index (χ2v) is 6.73. The van der Waals surface area contributed by atoms with Crippen LogP contribution in [0.25, 0.3) is 0 Å². The monoisotopic (exact) mass is 304 g/mol. The minimum atomic E-state index is -0.0255. The molecule has 2 N–H and O–H groups in total. The molecule has 1 aromatic rings. The molecule has 1 aliphatic carbocycles. The van der Waals surface area contributed by atoms with Gasteiger partial charge < -0.3 is 10.2 Å². The van der Waals surface area contributed by atoms with Crippen LogP contribution < -0.4 is 5.32 Å². The average molecular weight is 304 g/mol. The third-order valence-electron chi connectivity index (χ3n) is 4.57. The molecule has 120 valence electrons. The standard InChI is InChI=1S/C16H24N4O2/c1-10(2)13-9-14(19-18-13)17-15(21)11-5-7-20(8-6-11)16(22)12-3-4-12/h9-12H,3-8H2,1-2H3,(H2,17,18,19,21). The lowest BCUT2D eigenvalue weighted by Gasteiger charge is -2.31. The molecule has 1 saturated heterocycles. The van der Waals surface area contributed by atoms with Crippen molar-refractivity contribution in [2.45, 2.75) is 45.4 Å². The van der Waals surface area contributed by atoms with Crippen molar-refractivity contribution in [3.05, 3.63) is 11.8 Å². The van der Waals surface area contributed by atoms with Crippen molar-refractivity contribution in [2.24, 2.45) is 11.8 Å². The SMILES string of the molecule is CC(C)c1cc(NC(=O)C2CCN(C(=O)C3CC3)CC2)n[nH]1. The smallest absolute Gasteiger partial charge is 0.228 e. The maximum atomic E-state index is 12.3. The molecule has 0 unspecified atom stereocenters. The first kappa shape index (κ1) is 15.1. The van der Waals surface area contributed by atoms with Crippen LogP contribution in [0, 0.1) is 11.8 Å². The molecule has 6 heteroatoms. The number of nitrogens with zero attached hydrogens (tertiary/aromatic N) is 2. The second-order valence-electron chi connectivity index (χ2n) is 6.73. The van der Waals surface area contributed by atoms with Crippen molar-refractivity contribution < 1.29 is 9.59 Å². The first-order chi connectivity index (χ1) is 10.5. The number of hydrogen-bond acceptors (Lipinski definition) is 3. The third-order valence-corrected chi connectivity index (χ3v) is 4.57. The maximum absolute atomic E-state index is 12.3. The van der Waals surface area contributed by atoms with Crippen LogP contribution >= 0.6 is 0 Å². The second kappa shape index (κ2) is 6.10. The van der Waals surface area contributed by atoms with Crippen molar-refractivity contribution in [1.82, 2.24) is 15.1 Å². The van der Waals surface area contributed by atoms with E-state index in [2.05, 4.69) is 29.4 Å². The highest BCUT2D eigenvalue weighted by Crippen LogP contribution is 2.32. The summed E-state index contributed by atoms with van der Waals surface area (Å²) in [5.41, 5.74) is 1.01. The quantitative estimate of drug-likeness (QED) is 0.894. The number of aromatic nitrogens is 2. The Morgan fingerprint density at radius 1 is 1.23 bits per heavy atom. The van der Waals surface area contributed by atoms with Crippen molar-refractivity contribution in [2.75, 3.05) is 18.4 Å². The van der Waals surface area contributed by atoms with E-state index in [1.807, 2.05) is 11.0 Å². The highest BCUT2D eigenvalue weighted by Gasteiger charge is 2.36. The van der Waals surface area contributed by atoms with E-state index < -0.39 is 0 Å². The van der Waals surface area contributed by atoms with Crippen LogP contribution in [0.5, 0.6) is 0 Å². The molecule has 22 heavy (non-hydrogen) atoms. The van der Waals surface area contributed by atoms with E-state index in [0.717, 1.165) is 31.4 Å². The molecule has 2 amide bonds. The fourth-order valence-electron chi connectivity index (χ4n) is 2.88. The van der Waals surface area contributed by atoms with Gasteiger partial charge in [-0.1, -0.05) is 13.8 Å². The fourth-order valence-corrected chi connectivity index (χ4v) is 2.88. The van der Waals surface area contributed by atoms with Gasteiger partial charge in [0.2, 0.25) is 11.8 Å². The normalized spacial score (nSPS) is 19.5. The summed E-state index contributed by atoms with van der Waals surface area (Å²) in [6.07, 6.45) is 3.56. The molecule has 2 fully saturated rings. The Kier molecular flexibility index (Phi) is 4.18. The molecule has 3 rings (SSSR count). The molecule has 6 nitrogen and oxygen atoms in total. The zero-order chi connectivity index (χ0) is 15.7. The first-order valence-electron chi connectivity index (χ1n) is 8.19. The lowest BCUT2D eigenvalue weighted by Crippen LogP contribution is -2.42. The van der Waals surface area contributed by atoms with Crippen LogP contribution in [0.2, 0.25) is 0 Å². The van der Waals surface area contributed by atoms with Crippen molar-refractivity contribution >= 4 is 17.6 Å². The van der Waals surface area contributed by atoms with E-state index >= 15 is 0 Å². The Morgan fingerprint density at radius 2 is 1.91 bits per heavy atom. The van der Waals surface area contributed by atoms with Crippen molar-refractivity contribution in [3.8, 4) is 0 Å². The zero-order valence-electron chi connectivity index (χ0n) is 13.3. The summed E-state index contributed by atoms with van der Waals surface area (Å²) in [5, 5.41) is 9.94. The number of carbonyl (C=O) groups excluding carboxylic acids is 2. The number of likely N-dealkylation sites (tertiary alicyclic amines) is 1. The zero-order valence-corrected chi connectivity index (χ0v) is 13.3. The Labute approximate surface area is 130 Å². The predicted octanol–water partition coefficient (Wildman–Crippen LogP) is 2.12. The summed E-state index contributed by atoms with van der Waals surface area (Å²) < 4.78 is 0. The molecule has 1 aromatic heterocycles. The maximum Gasteiger partial charge on any atom is 0.228 e. The average Bonchev–Trinajstić information content (AvgIpc) is 3.26. The first-order valence-corrected chi connectivity index (χ1v) is 8.19. The number of piperidine rings is 1. The van der Waals surface area contributed by atoms with Gasteiger partial charge in [-0.3, -0.25) is 14.7 Å². The van der Waals surface area contributed by atoms with Crippen LogP contribution in [-0.2, 0) is 9.59 Å². The molecule has 0 spiro atoms. The number of anilines is 1. The summed E-state index contributed by atoms with van der Waals surface area (Å²) >= 11 is 0. The molecule has 0 radical (unpaired) electrons. The molecule has 0 aromatic carbocycles. The summed E-state index contributed by atoms with van der Waals surface area (Å²) in [4.78, 5) is 26.2. The minimum Gasteiger partial charge on any atom is -0.342 e. The number of rotatable bonds is 4. The van der Waals surface area contributed by atoms with Crippen LogP contribution in [-0.4, -0.2) is 40.0 Å². The van der Waals surface area contributed by atoms with Crippen LogP contribution in [0.4, 0.5) is 5.82 Å². The fraction of sp³-hybridized carbons (Fsp3) is 0.688. The van der Waals surface area contributed by atoms with E-state index in [1.54, 1.807) is 0 Å². The van der Waals surface area contributed by atoms with E-state index in [4.69, 9.17) is 0 Å². The number of H-pyrrole nitrogens is 1. The highest BCUT2D eigenvalue weighted by molar-refractivity contribution is 5.92. The molecule has 0 bridgehead atoms. The molecule has 1 aliphatic heterocycles. The van der Waals surface area contributed by atoms with Gasteiger partial charge >= 0.3 is 0 Å². The largest absolute Gasteiger partial charge is 0.342 e. The van der Waals surface area contributed by atoms with Crippen molar-refractivity contribution in [1.29, 1.82) is 0 Å². The Bertz CT molecular complexity index is 554. The number of aromatic amines is 1. The van der Waals surface area contributed by atoms with Gasteiger partial charge in [0.05, 0.1) is 0 Å². The number of hydrogen-bond donors (Lipinski definition) is 2. The van der Waals surface area contributed by atoms with Gasteiger partial charge in [-0.05, 0) is 31.6 Å². The van der Waals surface area contributed by atoms with Gasteiger partial charge in [-0.25, -0.2) is 0 Å². The lowest BCUT2D eigenvalue weighted by atomic mass is 9.95. The molecule has 2 aliphatic rings. The molecule has 1 saturated carbocycles. The highest BCUT2D eigenvalue weighted by atomic mass is 16.2. The van der Waals surface area contributed by atoms with Gasteiger partial charge in [-0.15, -0.1) is 0 Å². The lowest BCUT2D eigenvalue weighted by molar-refractivity contribution is -0.135. The number of nitrogens with one attached hydrogen (secondary N) is 2. The van der Waals surface area contributed by atoms with Crippen LogP contribution in [0.3, 0.4) is 0 Å². The predicted molar refractivity (Wildman–Crippen MR) is 83.3 cm³/mol. The number of amides is 2. The van der Waals surface area contributed by atoms with E-state index in [1.165, 1.54) is 0 Å². The summed E-state index contributed by atoms with van der Waals surface area (Å²) in [6.45, 7) is 5.55. The topological polar surface area (TPSA) is 78.1 Å². The molecule has 0 atom stereocenters.